The molecule has 0 spiro atoms. The highest BCUT2D eigenvalue weighted by Crippen LogP contribution is 2.17. The first-order valence-corrected chi connectivity index (χ1v) is 6.95. The van der Waals surface area contributed by atoms with Crippen molar-refractivity contribution in [1.29, 1.82) is 0 Å². The number of nitrogens with zero attached hydrogens (tertiary/aromatic N) is 1. The summed E-state index contributed by atoms with van der Waals surface area (Å²) in [6, 6.07) is 0. The standard InChI is InChI=1S/C12H21N3OS/c1-3-10(6-7-13)4-5-11(16)15-12-14-9(2)8-17-12/h8,10H,3-7,13H2,1-2H3,(H,14,15,16). The minimum Gasteiger partial charge on any atom is -0.330 e. The number of rotatable bonds is 7. The molecule has 1 atom stereocenters. The fourth-order valence-electron chi connectivity index (χ4n) is 1.72. The Bertz CT molecular complexity index is 351. The van der Waals surface area contributed by atoms with Gasteiger partial charge >= 0.3 is 0 Å². The Morgan fingerprint density at radius 1 is 1.59 bits per heavy atom. The zero-order chi connectivity index (χ0) is 12.7. The Labute approximate surface area is 107 Å². The van der Waals surface area contributed by atoms with Crippen molar-refractivity contribution in [3.63, 3.8) is 0 Å². The fraction of sp³-hybridized carbons (Fsp3) is 0.667. The Morgan fingerprint density at radius 3 is 2.88 bits per heavy atom. The predicted octanol–water partition coefficient (Wildman–Crippen LogP) is 2.55. The Balaban J connectivity index is 2.29. The number of hydrogen-bond donors (Lipinski definition) is 2. The van der Waals surface area contributed by atoms with Crippen molar-refractivity contribution in [2.75, 3.05) is 11.9 Å². The topological polar surface area (TPSA) is 68.0 Å². The van der Waals surface area contributed by atoms with E-state index in [1.165, 1.54) is 11.3 Å². The van der Waals surface area contributed by atoms with Gasteiger partial charge in [0, 0.05) is 11.8 Å². The van der Waals surface area contributed by atoms with Crippen LogP contribution in [0, 0.1) is 12.8 Å². The monoisotopic (exact) mass is 255 g/mol. The number of amides is 1. The van der Waals surface area contributed by atoms with Crippen molar-refractivity contribution in [2.45, 2.75) is 39.5 Å². The van der Waals surface area contributed by atoms with Gasteiger partial charge in [-0.1, -0.05) is 13.3 Å². The molecule has 1 aromatic heterocycles. The summed E-state index contributed by atoms with van der Waals surface area (Å²) in [5.41, 5.74) is 6.47. The molecule has 17 heavy (non-hydrogen) atoms. The second-order valence-corrected chi connectivity index (χ2v) is 5.09. The highest BCUT2D eigenvalue weighted by Gasteiger charge is 2.10. The minimum atomic E-state index is 0.0508. The van der Waals surface area contributed by atoms with Crippen LogP contribution < -0.4 is 11.1 Å². The van der Waals surface area contributed by atoms with Gasteiger partial charge in [0.15, 0.2) is 5.13 Å². The third-order valence-electron chi connectivity index (χ3n) is 2.80. The van der Waals surface area contributed by atoms with Crippen molar-refractivity contribution in [2.24, 2.45) is 11.7 Å². The molecule has 1 unspecified atom stereocenters. The smallest absolute Gasteiger partial charge is 0.226 e. The van der Waals surface area contributed by atoms with Gasteiger partial charge in [0.1, 0.15) is 0 Å². The minimum absolute atomic E-state index is 0.0508. The SMILES string of the molecule is CCC(CCN)CCC(=O)Nc1nc(C)cs1. The van der Waals surface area contributed by atoms with Gasteiger partial charge in [-0.25, -0.2) is 4.98 Å². The molecule has 0 saturated carbocycles. The van der Waals surface area contributed by atoms with E-state index in [0.29, 0.717) is 24.0 Å². The molecule has 0 fully saturated rings. The summed E-state index contributed by atoms with van der Waals surface area (Å²) in [4.78, 5) is 15.9. The summed E-state index contributed by atoms with van der Waals surface area (Å²) in [7, 11) is 0. The molecular weight excluding hydrogens is 234 g/mol. The zero-order valence-corrected chi connectivity index (χ0v) is 11.3. The molecule has 0 aromatic carbocycles. The Kier molecular flexibility index (Phi) is 6.15. The van der Waals surface area contributed by atoms with Crippen LogP contribution in [0.25, 0.3) is 0 Å². The summed E-state index contributed by atoms with van der Waals surface area (Å²) in [5, 5.41) is 5.44. The van der Waals surface area contributed by atoms with Crippen molar-refractivity contribution >= 4 is 22.4 Å². The van der Waals surface area contributed by atoms with Crippen LogP contribution in [0.5, 0.6) is 0 Å². The average molecular weight is 255 g/mol. The number of aryl methyl sites for hydroxylation is 1. The molecule has 0 aliphatic rings. The quantitative estimate of drug-likeness (QED) is 0.786. The van der Waals surface area contributed by atoms with Crippen molar-refractivity contribution in [1.82, 2.24) is 4.98 Å². The largest absolute Gasteiger partial charge is 0.330 e. The van der Waals surface area contributed by atoms with Crippen LogP contribution in [0.4, 0.5) is 5.13 Å². The molecule has 1 aromatic rings. The normalized spacial score (nSPS) is 12.4. The zero-order valence-electron chi connectivity index (χ0n) is 10.5. The molecule has 96 valence electrons. The molecule has 0 aliphatic heterocycles. The molecule has 1 heterocycles. The Hall–Kier alpha value is -0.940. The number of aromatic nitrogens is 1. The maximum Gasteiger partial charge on any atom is 0.226 e. The fourth-order valence-corrected chi connectivity index (χ4v) is 2.42. The number of hydrogen-bond acceptors (Lipinski definition) is 4. The molecule has 1 amide bonds. The van der Waals surface area contributed by atoms with Crippen LogP contribution in [-0.4, -0.2) is 17.4 Å². The molecule has 3 N–H and O–H groups in total. The van der Waals surface area contributed by atoms with Crippen LogP contribution in [0.15, 0.2) is 5.38 Å². The van der Waals surface area contributed by atoms with Crippen LogP contribution >= 0.6 is 11.3 Å². The molecule has 5 heteroatoms. The molecule has 4 nitrogen and oxygen atoms in total. The lowest BCUT2D eigenvalue weighted by atomic mass is 9.96. The van der Waals surface area contributed by atoms with Gasteiger partial charge in [-0.15, -0.1) is 11.3 Å². The first-order valence-electron chi connectivity index (χ1n) is 6.07. The van der Waals surface area contributed by atoms with Crippen molar-refractivity contribution < 1.29 is 4.79 Å². The lowest BCUT2D eigenvalue weighted by Crippen LogP contribution is -2.15. The van der Waals surface area contributed by atoms with Gasteiger partial charge in [-0.05, 0) is 32.2 Å². The number of nitrogens with two attached hydrogens (primary N) is 1. The van der Waals surface area contributed by atoms with Gasteiger partial charge in [0.2, 0.25) is 5.91 Å². The van der Waals surface area contributed by atoms with E-state index in [9.17, 15) is 4.79 Å². The number of carbonyl (C=O) groups excluding carboxylic acids is 1. The summed E-state index contributed by atoms with van der Waals surface area (Å²) in [6.45, 7) is 4.76. The van der Waals surface area contributed by atoms with E-state index in [1.54, 1.807) is 0 Å². The van der Waals surface area contributed by atoms with Gasteiger partial charge < -0.3 is 11.1 Å². The van der Waals surface area contributed by atoms with Gasteiger partial charge in [0.05, 0.1) is 5.69 Å². The molecule has 0 radical (unpaired) electrons. The highest BCUT2D eigenvalue weighted by atomic mass is 32.1. The summed E-state index contributed by atoms with van der Waals surface area (Å²) in [5.74, 6) is 0.610. The van der Waals surface area contributed by atoms with E-state index in [1.807, 2.05) is 12.3 Å². The van der Waals surface area contributed by atoms with Crippen molar-refractivity contribution in [3.05, 3.63) is 11.1 Å². The van der Waals surface area contributed by atoms with Crippen molar-refractivity contribution in [3.8, 4) is 0 Å². The maximum atomic E-state index is 11.7. The summed E-state index contributed by atoms with van der Waals surface area (Å²) < 4.78 is 0. The molecule has 0 bridgehead atoms. The van der Waals surface area contributed by atoms with Crippen LogP contribution in [0.1, 0.15) is 38.3 Å². The van der Waals surface area contributed by atoms with Gasteiger partial charge in [0.25, 0.3) is 0 Å². The van der Waals surface area contributed by atoms with Gasteiger partial charge in [-0.3, -0.25) is 4.79 Å². The first kappa shape index (κ1) is 14.1. The lowest BCUT2D eigenvalue weighted by molar-refractivity contribution is -0.116. The molecular formula is C12H21N3OS. The summed E-state index contributed by atoms with van der Waals surface area (Å²) in [6.07, 6.45) is 3.54. The third-order valence-corrected chi connectivity index (χ3v) is 3.67. The number of carbonyl (C=O) groups is 1. The predicted molar refractivity (Wildman–Crippen MR) is 72.2 cm³/mol. The second kappa shape index (κ2) is 7.40. The van der Waals surface area contributed by atoms with E-state index in [4.69, 9.17) is 5.73 Å². The molecule has 0 saturated heterocycles. The van der Waals surface area contributed by atoms with E-state index >= 15 is 0 Å². The van der Waals surface area contributed by atoms with Crippen LogP contribution in [0.3, 0.4) is 0 Å². The highest BCUT2D eigenvalue weighted by molar-refractivity contribution is 7.13. The second-order valence-electron chi connectivity index (χ2n) is 4.23. The Morgan fingerprint density at radius 2 is 2.35 bits per heavy atom. The third kappa shape index (κ3) is 5.28. The maximum absolute atomic E-state index is 11.7. The molecule has 1 rings (SSSR count). The first-order chi connectivity index (χ1) is 8.15. The van der Waals surface area contributed by atoms with Gasteiger partial charge in [-0.2, -0.15) is 0 Å². The average Bonchev–Trinajstić information content (AvgIpc) is 2.70. The number of thiazole rings is 1. The molecule has 0 aliphatic carbocycles. The number of anilines is 1. The van der Waals surface area contributed by atoms with Crippen LogP contribution in [-0.2, 0) is 4.79 Å². The van der Waals surface area contributed by atoms with E-state index in [0.717, 1.165) is 25.0 Å². The van der Waals surface area contributed by atoms with E-state index < -0.39 is 0 Å². The number of nitrogens with one attached hydrogen (secondary N) is 1. The lowest BCUT2D eigenvalue weighted by Gasteiger charge is -2.12. The van der Waals surface area contributed by atoms with Crippen LogP contribution in [0.2, 0.25) is 0 Å². The van der Waals surface area contributed by atoms with E-state index in [2.05, 4.69) is 17.2 Å². The van der Waals surface area contributed by atoms with E-state index in [-0.39, 0.29) is 5.91 Å². The summed E-state index contributed by atoms with van der Waals surface area (Å²) >= 11 is 1.47.